The average molecular weight is 223 g/mol. The SMILES string of the molecule is CCn1ncnc1CC(=O)C1CCOC1C. The van der Waals surface area contributed by atoms with Gasteiger partial charge in [-0.05, 0) is 20.3 Å². The van der Waals surface area contributed by atoms with Crippen molar-refractivity contribution in [2.24, 2.45) is 5.92 Å². The van der Waals surface area contributed by atoms with Crippen LogP contribution in [0.5, 0.6) is 0 Å². The average Bonchev–Trinajstić information content (AvgIpc) is 2.86. The predicted molar refractivity (Wildman–Crippen MR) is 57.9 cm³/mol. The van der Waals surface area contributed by atoms with E-state index in [0.717, 1.165) is 18.8 Å². The first-order valence-electron chi connectivity index (χ1n) is 5.73. The molecule has 16 heavy (non-hydrogen) atoms. The van der Waals surface area contributed by atoms with Gasteiger partial charge < -0.3 is 4.74 Å². The summed E-state index contributed by atoms with van der Waals surface area (Å²) in [6.07, 6.45) is 2.75. The van der Waals surface area contributed by atoms with Gasteiger partial charge in [0.1, 0.15) is 17.9 Å². The third kappa shape index (κ3) is 2.14. The third-order valence-electron chi connectivity index (χ3n) is 3.12. The third-order valence-corrected chi connectivity index (χ3v) is 3.12. The number of aromatic nitrogens is 3. The quantitative estimate of drug-likeness (QED) is 0.758. The fourth-order valence-corrected chi connectivity index (χ4v) is 2.13. The van der Waals surface area contributed by atoms with Crippen molar-refractivity contribution in [2.45, 2.75) is 39.3 Å². The first-order chi connectivity index (χ1) is 7.72. The van der Waals surface area contributed by atoms with Crippen LogP contribution in [0.3, 0.4) is 0 Å². The van der Waals surface area contributed by atoms with Gasteiger partial charge in [0.05, 0.1) is 12.5 Å². The van der Waals surface area contributed by atoms with Crippen LogP contribution in [0, 0.1) is 5.92 Å². The van der Waals surface area contributed by atoms with Gasteiger partial charge >= 0.3 is 0 Å². The van der Waals surface area contributed by atoms with E-state index >= 15 is 0 Å². The summed E-state index contributed by atoms with van der Waals surface area (Å²) in [6.45, 7) is 5.39. The zero-order chi connectivity index (χ0) is 11.5. The molecule has 1 aromatic heterocycles. The second-order valence-corrected chi connectivity index (χ2v) is 4.11. The molecule has 5 nitrogen and oxygen atoms in total. The van der Waals surface area contributed by atoms with E-state index in [1.807, 2.05) is 13.8 Å². The van der Waals surface area contributed by atoms with Gasteiger partial charge in [0.2, 0.25) is 0 Å². The molecule has 1 saturated heterocycles. The molecule has 0 saturated carbocycles. The molecule has 2 atom stereocenters. The van der Waals surface area contributed by atoms with E-state index in [1.54, 1.807) is 4.68 Å². The number of ketones is 1. The van der Waals surface area contributed by atoms with Crippen LogP contribution in [-0.4, -0.2) is 33.3 Å². The van der Waals surface area contributed by atoms with Crippen molar-refractivity contribution in [2.75, 3.05) is 6.61 Å². The molecule has 1 aromatic rings. The molecule has 0 aliphatic carbocycles. The van der Waals surface area contributed by atoms with Crippen molar-refractivity contribution in [3.05, 3.63) is 12.2 Å². The summed E-state index contributed by atoms with van der Waals surface area (Å²) in [4.78, 5) is 16.1. The van der Waals surface area contributed by atoms with E-state index in [9.17, 15) is 4.79 Å². The number of ether oxygens (including phenoxy) is 1. The fourth-order valence-electron chi connectivity index (χ4n) is 2.13. The van der Waals surface area contributed by atoms with E-state index in [0.29, 0.717) is 13.0 Å². The second kappa shape index (κ2) is 4.74. The van der Waals surface area contributed by atoms with Gasteiger partial charge in [0.25, 0.3) is 0 Å². The molecule has 0 radical (unpaired) electrons. The molecule has 0 bridgehead atoms. The lowest BCUT2D eigenvalue weighted by atomic mass is 9.95. The number of aryl methyl sites for hydroxylation is 1. The minimum Gasteiger partial charge on any atom is -0.378 e. The van der Waals surface area contributed by atoms with Crippen LogP contribution in [0.2, 0.25) is 0 Å². The lowest BCUT2D eigenvalue weighted by Crippen LogP contribution is -2.24. The van der Waals surface area contributed by atoms with Gasteiger partial charge in [-0.3, -0.25) is 4.79 Å². The predicted octanol–water partition coefficient (Wildman–Crippen LogP) is 0.835. The van der Waals surface area contributed by atoms with E-state index in [4.69, 9.17) is 4.74 Å². The zero-order valence-electron chi connectivity index (χ0n) is 9.72. The van der Waals surface area contributed by atoms with Crippen molar-refractivity contribution in [3.8, 4) is 0 Å². The van der Waals surface area contributed by atoms with Crippen molar-refractivity contribution in [3.63, 3.8) is 0 Å². The maximum absolute atomic E-state index is 12.0. The first-order valence-corrected chi connectivity index (χ1v) is 5.73. The summed E-state index contributed by atoms with van der Waals surface area (Å²) in [5.41, 5.74) is 0. The van der Waals surface area contributed by atoms with Gasteiger partial charge in [-0.15, -0.1) is 0 Å². The molecule has 2 heterocycles. The number of carbonyl (C=O) groups is 1. The highest BCUT2D eigenvalue weighted by atomic mass is 16.5. The normalized spacial score (nSPS) is 24.9. The number of Topliss-reactive ketones (excluding diaryl/α,β-unsaturated/α-hetero) is 1. The Bertz CT molecular complexity index is 375. The molecule has 2 unspecified atom stereocenters. The Morgan fingerprint density at radius 3 is 3.12 bits per heavy atom. The molecule has 2 rings (SSSR count). The van der Waals surface area contributed by atoms with E-state index in [-0.39, 0.29) is 17.8 Å². The Kier molecular flexibility index (Phi) is 3.33. The lowest BCUT2D eigenvalue weighted by Gasteiger charge is -2.12. The monoisotopic (exact) mass is 223 g/mol. The Morgan fingerprint density at radius 2 is 2.50 bits per heavy atom. The van der Waals surface area contributed by atoms with Gasteiger partial charge in [-0.2, -0.15) is 5.10 Å². The topological polar surface area (TPSA) is 57.0 Å². The zero-order valence-corrected chi connectivity index (χ0v) is 9.72. The largest absolute Gasteiger partial charge is 0.378 e. The van der Waals surface area contributed by atoms with Crippen molar-refractivity contribution in [1.82, 2.24) is 14.8 Å². The number of nitrogens with zero attached hydrogens (tertiary/aromatic N) is 3. The van der Waals surface area contributed by atoms with E-state index in [2.05, 4.69) is 10.1 Å². The van der Waals surface area contributed by atoms with Crippen LogP contribution >= 0.6 is 0 Å². The smallest absolute Gasteiger partial charge is 0.146 e. The highest BCUT2D eigenvalue weighted by molar-refractivity contribution is 5.83. The van der Waals surface area contributed by atoms with Crippen molar-refractivity contribution in [1.29, 1.82) is 0 Å². The van der Waals surface area contributed by atoms with Gasteiger partial charge in [-0.25, -0.2) is 9.67 Å². The van der Waals surface area contributed by atoms with Crippen LogP contribution in [0.25, 0.3) is 0 Å². The van der Waals surface area contributed by atoms with Gasteiger partial charge in [0.15, 0.2) is 0 Å². The molecular formula is C11H17N3O2. The minimum absolute atomic E-state index is 0.0296. The maximum atomic E-state index is 12.0. The highest BCUT2D eigenvalue weighted by Crippen LogP contribution is 2.22. The minimum atomic E-state index is 0.0296. The summed E-state index contributed by atoms with van der Waals surface area (Å²) in [7, 11) is 0. The molecule has 0 spiro atoms. The second-order valence-electron chi connectivity index (χ2n) is 4.11. The molecule has 0 N–H and O–H groups in total. The molecule has 88 valence electrons. The Morgan fingerprint density at radius 1 is 1.69 bits per heavy atom. The van der Waals surface area contributed by atoms with Crippen LogP contribution < -0.4 is 0 Å². The molecule has 1 aliphatic heterocycles. The van der Waals surface area contributed by atoms with Crippen molar-refractivity contribution < 1.29 is 9.53 Å². The summed E-state index contributed by atoms with van der Waals surface area (Å²) >= 11 is 0. The molecule has 0 aromatic carbocycles. The summed E-state index contributed by atoms with van der Waals surface area (Å²) in [5, 5.41) is 4.06. The van der Waals surface area contributed by atoms with E-state index < -0.39 is 0 Å². The fraction of sp³-hybridized carbons (Fsp3) is 0.727. The lowest BCUT2D eigenvalue weighted by molar-refractivity contribution is -0.123. The summed E-state index contributed by atoms with van der Waals surface area (Å²) < 4.78 is 7.16. The Hall–Kier alpha value is -1.23. The summed E-state index contributed by atoms with van der Waals surface area (Å²) in [6, 6.07) is 0. The van der Waals surface area contributed by atoms with Crippen molar-refractivity contribution >= 4 is 5.78 Å². The molecular weight excluding hydrogens is 206 g/mol. The van der Waals surface area contributed by atoms with E-state index in [1.165, 1.54) is 6.33 Å². The molecule has 1 aliphatic rings. The highest BCUT2D eigenvalue weighted by Gasteiger charge is 2.31. The number of carbonyl (C=O) groups excluding carboxylic acids is 1. The number of rotatable bonds is 4. The van der Waals surface area contributed by atoms with Crippen LogP contribution in [0.1, 0.15) is 26.1 Å². The molecule has 1 fully saturated rings. The number of hydrogen-bond acceptors (Lipinski definition) is 4. The first kappa shape index (κ1) is 11.3. The summed E-state index contributed by atoms with van der Waals surface area (Å²) in [5.74, 6) is 1.00. The Labute approximate surface area is 94.8 Å². The van der Waals surface area contributed by atoms with Gasteiger partial charge in [-0.1, -0.05) is 0 Å². The molecule has 5 heteroatoms. The van der Waals surface area contributed by atoms with Crippen LogP contribution in [0.4, 0.5) is 0 Å². The van der Waals surface area contributed by atoms with Gasteiger partial charge in [0, 0.05) is 19.1 Å². The number of hydrogen-bond donors (Lipinski definition) is 0. The maximum Gasteiger partial charge on any atom is 0.146 e. The van der Waals surface area contributed by atoms with Crippen LogP contribution in [-0.2, 0) is 22.5 Å². The van der Waals surface area contributed by atoms with Crippen LogP contribution in [0.15, 0.2) is 6.33 Å². The Balaban J connectivity index is 2.02. The standard InChI is InChI=1S/C11H17N3O2/c1-3-14-11(12-7-13-14)6-10(15)9-4-5-16-8(9)2/h7-9H,3-6H2,1-2H3. The molecule has 0 amide bonds.